The Labute approximate surface area is 250 Å². The molecule has 2 N–H and O–H groups in total. The normalized spacial score (nSPS) is 33.1. The molecule has 1 aromatic rings. The molecular weight excluding hydrogens is 562 g/mol. The van der Waals surface area contributed by atoms with Crippen LogP contribution in [0.25, 0.3) is 0 Å². The first-order valence-electron chi connectivity index (χ1n) is 14.6. The molecule has 3 amide bonds. The van der Waals surface area contributed by atoms with Crippen molar-refractivity contribution in [1.29, 1.82) is 0 Å². The van der Waals surface area contributed by atoms with Crippen LogP contribution in [0.5, 0.6) is 0 Å². The van der Waals surface area contributed by atoms with Gasteiger partial charge in [0.2, 0.25) is 11.8 Å². The van der Waals surface area contributed by atoms with E-state index in [1.165, 1.54) is 4.90 Å². The number of halogens is 1. The molecule has 42 heavy (non-hydrogen) atoms. The van der Waals surface area contributed by atoms with Crippen LogP contribution in [0.4, 0.5) is 5.69 Å². The van der Waals surface area contributed by atoms with Crippen LogP contribution in [-0.4, -0.2) is 83.3 Å². The Morgan fingerprint density at radius 1 is 1.12 bits per heavy atom. The van der Waals surface area contributed by atoms with E-state index in [4.69, 9.17) is 21.1 Å². The van der Waals surface area contributed by atoms with Crippen LogP contribution >= 0.6 is 11.6 Å². The first kappa shape index (κ1) is 30.3. The van der Waals surface area contributed by atoms with Gasteiger partial charge in [0, 0.05) is 23.7 Å². The van der Waals surface area contributed by atoms with Crippen molar-refractivity contribution in [1.82, 2.24) is 10.2 Å². The number of ether oxygens (including phenoxy) is 2. The highest BCUT2D eigenvalue weighted by atomic mass is 35.5. The lowest BCUT2D eigenvalue weighted by atomic mass is 9.74. The van der Waals surface area contributed by atoms with Crippen LogP contribution in [0.15, 0.2) is 48.6 Å². The molecule has 5 bridgehead atoms. The number of carbonyl (C=O) groups is 4. The fraction of sp³-hybridized carbons (Fsp3) is 0.548. The van der Waals surface area contributed by atoms with Gasteiger partial charge in [-0.15, -0.1) is 0 Å². The van der Waals surface area contributed by atoms with E-state index < -0.39 is 59.5 Å². The predicted molar refractivity (Wildman–Crippen MR) is 155 cm³/mol. The highest BCUT2D eigenvalue weighted by molar-refractivity contribution is 6.30. The monoisotopic (exact) mass is 599 g/mol. The average Bonchev–Trinajstić information content (AvgIpc) is 3.59. The maximum atomic E-state index is 14.7. The minimum atomic E-state index is -1.41. The van der Waals surface area contributed by atoms with E-state index in [1.54, 1.807) is 48.2 Å². The van der Waals surface area contributed by atoms with Crippen molar-refractivity contribution < 1.29 is 33.8 Å². The van der Waals surface area contributed by atoms with E-state index in [9.17, 15) is 24.3 Å². The van der Waals surface area contributed by atoms with Crippen LogP contribution in [0.2, 0.25) is 5.02 Å². The number of allylic oxidation sites excluding steroid dienone is 1. The van der Waals surface area contributed by atoms with Gasteiger partial charge in [-0.2, -0.15) is 0 Å². The number of anilines is 1. The molecule has 4 heterocycles. The number of esters is 1. The lowest BCUT2D eigenvalue weighted by molar-refractivity contribution is -0.159. The van der Waals surface area contributed by atoms with Crippen molar-refractivity contribution in [3.8, 4) is 0 Å². The number of hydrogen-bond acceptors (Lipinski definition) is 7. The number of aliphatic hydroxyl groups excluding tert-OH is 1. The predicted octanol–water partition coefficient (Wildman–Crippen LogP) is 2.63. The number of cyclic esters (lactones) is 1. The summed E-state index contributed by atoms with van der Waals surface area (Å²) in [6.45, 7) is 5.58. The molecule has 0 aromatic heterocycles. The summed E-state index contributed by atoms with van der Waals surface area (Å²) < 4.78 is 12.1. The number of aliphatic hydroxyl groups is 1. The summed E-state index contributed by atoms with van der Waals surface area (Å²) in [5.74, 6) is -3.49. The Bertz CT molecular complexity index is 1280. The summed E-state index contributed by atoms with van der Waals surface area (Å²) in [6.07, 6.45) is 6.86. The zero-order chi connectivity index (χ0) is 30.2. The van der Waals surface area contributed by atoms with Crippen molar-refractivity contribution in [2.45, 2.75) is 69.9 Å². The van der Waals surface area contributed by atoms with Crippen molar-refractivity contribution in [2.75, 3.05) is 24.6 Å². The molecule has 2 saturated heterocycles. The fourth-order valence-corrected chi connectivity index (χ4v) is 6.76. The van der Waals surface area contributed by atoms with E-state index in [0.29, 0.717) is 23.6 Å². The average molecular weight is 600 g/mol. The highest BCUT2D eigenvalue weighted by Crippen LogP contribution is 2.56. The third-order valence-electron chi connectivity index (χ3n) is 8.47. The largest absolute Gasteiger partial charge is 0.460 e. The standard InChI is InChI=1S/C31H38ClN3O7/c1-18(2)15-22(17-36)35-27-29(39)34(21-10-8-20(32)9-11-21)14-6-4-5-7-24(37)33-16-19(3)41-30(40)25-23-12-13-31(27,42-23)26(25)28(35)38/h4,6,8-13,18-19,22-23,25-27,36H,5,7,14-17H2,1-3H3,(H,33,37)/b6-4-/t19-,22+,23+,25-,26-,27+,31-/m0/s1. The Kier molecular flexibility index (Phi) is 8.78. The molecule has 4 aliphatic rings. The van der Waals surface area contributed by atoms with Gasteiger partial charge in [-0.1, -0.05) is 49.8 Å². The van der Waals surface area contributed by atoms with Gasteiger partial charge >= 0.3 is 5.97 Å². The molecule has 1 aromatic carbocycles. The van der Waals surface area contributed by atoms with E-state index >= 15 is 0 Å². The van der Waals surface area contributed by atoms with E-state index in [0.717, 1.165) is 0 Å². The molecule has 0 saturated carbocycles. The number of benzene rings is 1. The second kappa shape index (κ2) is 12.2. The molecule has 0 radical (unpaired) electrons. The van der Waals surface area contributed by atoms with Gasteiger partial charge in [-0.25, -0.2) is 0 Å². The Hall–Kier alpha value is -3.21. The van der Waals surface area contributed by atoms with Crippen LogP contribution in [0.1, 0.15) is 40.0 Å². The molecule has 1 spiro atoms. The van der Waals surface area contributed by atoms with Crippen LogP contribution in [0.3, 0.4) is 0 Å². The summed E-state index contributed by atoms with van der Waals surface area (Å²) in [6, 6.07) is 5.01. The molecule has 4 aliphatic heterocycles. The zero-order valence-electron chi connectivity index (χ0n) is 24.1. The second-order valence-electron chi connectivity index (χ2n) is 11.9. The Balaban J connectivity index is 1.63. The zero-order valence-corrected chi connectivity index (χ0v) is 24.8. The SMILES string of the molecule is CC(C)C[C@H](CO)N1C(=O)[C@@H]2[C@H]3C(=O)O[C@@H](C)CNC(=O)CC/C=C\CN(c4ccc(Cl)cc4)C(=O)[C@@H]1[C@]21C=C[C@H]3O1. The quantitative estimate of drug-likeness (QED) is 0.394. The number of rotatable bonds is 5. The lowest BCUT2D eigenvalue weighted by Crippen LogP contribution is -2.59. The van der Waals surface area contributed by atoms with Gasteiger partial charge in [0.05, 0.1) is 31.2 Å². The number of likely N-dealkylation sites (tertiary alicyclic amines) is 1. The van der Waals surface area contributed by atoms with E-state index in [-0.39, 0.29) is 37.9 Å². The smallest absolute Gasteiger partial charge is 0.313 e. The van der Waals surface area contributed by atoms with Crippen LogP contribution < -0.4 is 10.2 Å². The minimum Gasteiger partial charge on any atom is -0.460 e. The highest BCUT2D eigenvalue weighted by Gasteiger charge is 2.74. The number of nitrogens with zero attached hydrogens (tertiary/aromatic N) is 2. The number of carbonyl (C=O) groups excluding carboxylic acids is 4. The molecule has 5 rings (SSSR count). The molecule has 2 fully saturated rings. The molecule has 7 atom stereocenters. The van der Waals surface area contributed by atoms with E-state index in [2.05, 4.69) is 5.32 Å². The van der Waals surface area contributed by atoms with Gasteiger partial charge in [-0.05, 0) is 49.9 Å². The lowest BCUT2D eigenvalue weighted by Gasteiger charge is -2.39. The Morgan fingerprint density at radius 2 is 1.86 bits per heavy atom. The third kappa shape index (κ3) is 5.47. The van der Waals surface area contributed by atoms with Gasteiger partial charge in [0.1, 0.15) is 23.7 Å². The summed E-state index contributed by atoms with van der Waals surface area (Å²) in [4.78, 5) is 58.0. The van der Waals surface area contributed by atoms with Crippen molar-refractivity contribution in [2.24, 2.45) is 17.8 Å². The van der Waals surface area contributed by atoms with Crippen molar-refractivity contribution >= 4 is 41.0 Å². The van der Waals surface area contributed by atoms with Crippen LogP contribution in [-0.2, 0) is 28.7 Å². The molecule has 0 unspecified atom stereocenters. The number of fused-ring (bicyclic) bond motifs is 2. The first-order valence-corrected chi connectivity index (χ1v) is 14.9. The minimum absolute atomic E-state index is 0.120. The van der Waals surface area contributed by atoms with E-state index in [1.807, 2.05) is 26.0 Å². The molecule has 10 nitrogen and oxygen atoms in total. The number of nitrogens with one attached hydrogen (secondary N) is 1. The molecule has 226 valence electrons. The molecule has 11 heteroatoms. The van der Waals surface area contributed by atoms with Gasteiger partial charge in [-0.3, -0.25) is 19.2 Å². The maximum absolute atomic E-state index is 14.7. The maximum Gasteiger partial charge on any atom is 0.313 e. The summed E-state index contributed by atoms with van der Waals surface area (Å²) in [5, 5.41) is 13.8. The summed E-state index contributed by atoms with van der Waals surface area (Å²) >= 11 is 6.15. The Morgan fingerprint density at radius 3 is 2.55 bits per heavy atom. The number of hydrogen-bond donors (Lipinski definition) is 2. The fourth-order valence-electron chi connectivity index (χ4n) is 6.64. The topological polar surface area (TPSA) is 125 Å². The van der Waals surface area contributed by atoms with Gasteiger partial charge < -0.3 is 29.7 Å². The molecule has 0 aliphatic carbocycles. The van der Waals surface area contributed by atoms with Crippen molar-refractivity contribution in [3.05, 3.63) is 53.6 Å². The summed E-state index contributed by atoms with van der Waals surface area (Å²) in [7, 11) is 0. The van der Waals surface area contributed by atoms with Crippen LogP contribution in [0, 0.1) is 17.8 Å². The molecular formula is C31H38ClN3O7. The van der Waals surface area contributed by atoms with Crippen molar-refractivity contribution in [3.63, 3.8) is 0 Å². The second-order valence-corrected chi connectivity index (χ2v) is 12.3. The van der Waals surface area contributed by atoms with Gasteiger partial charge in [0.25, 0.3) is 5.91 Å². The summed E-state index contributed by atoms with van der Waals surface area (Å²) in [5.41, 5.74) is -0.852. The third-order valence-corrected chi connectivity index (χ3v) is 8.72. The first-order chi connectivity index (χ1) is 20.1. The number of amides is 3. The van der Waals surface area contributed by atoms with Gasteiger partial charge in [0.15, 0.2) is 0 Å².